The summed E-state index contributed by atoms with van der Waals surface area (Å²) in [7, 11) is 0. The van der Waals surface area contributed by atoms with E-state index in [2.05, 4.69) is 42.3 Å². The number of likely N-dealkylation sites (tertiary alicyclic amines) is 1. The van der Waals surface area contributed by atoms with Gasteiger partial charge in [0.15, 0.2) is 0 Å². The van der Waals surface area contributed by atoms with Crippen LogP contribution in [0.15, 0.2) is 36.4 Å². The van der Waals surface area contributed by atoms with Crippen molar-refractivity contribution in [2.45, 2.75) is 45.6 Å². The molecule has 1 spiro atoms. The van der Waals surface area contributed by atoms with Crippen molar-refractivity contribution in [3.05, 3.63) is 64.5 Å². The second kappa shape index (κ2) is 7.79. The van der Waals surface area contributed by atoms with E-state index in [0.29, 0.717) is 13.1 Å². The van der Waals surface area contributed by atoms with Gasteiger partial charge in [0.25, 0.3) is 0 Å². The molecule has 1 fully saturated rings. The summed E-state index contributed by atoms with van der Waals surface area (Å²) in [5.74, 6) is -0.224. The first-order valence-electron chi connectivity index (χ1n) is 10.6. The highest BCUT2D eigenvalue weighted by Gasteiger charge is 2.46. The average molecular weight is 396 g/mol. The number of fused-ring (bicyclic) bond motifs is 2. The number of halogens is 1. The highest BCUT2D eigenvalue weighted by Crippen LogP contribution is 2.47. The van der Waals surface area contributed by atoms with Crippen LogP contribution in [0.5, 0.6) is 0 Å². The first kappa shape index (κ1) is 19.9. The van der Waals surface area contributed by atoms with Crippen LogP contribution in [0.1, 0.15) is 42.0 Å². The smallest absolute Gasteiger partial charge is 0.321 e. The first-order chi connectivity index (χ1) is 13.9. The van der Waals surface area contributed by atoms with E-state index < -0.39 is 0 Å². The van der Waals surface area contributed by atoms with Crippen LogP contribution < -0.4 is 10.2 Å². The molecule has 2 aliphatic heterocycles. The molecule has 0 atom stereocenters. The van der Waals surface area contributed by atoms with Gasteiger partial charge in [-0.25, -0.2) is 9.18 Å². The number of carbonyl (C=O) groups excluding carboxylic acids is 1. The quantitative estimate of drug-likeness (QED) is 0.829. The summed E-state index contributed by atoms with van der Waals surface area (Å²) in [6.45, 7) is 10.3. The molecule has 4 rings (SSSR count). The molecule has 154 valence electrons. The lowest BCUT2D eigenvalue weighted by Gasteiger charge is -2.40. The molecule has 0 saturated carbocycles. The zero-order chi connectivity index (χ0) is 20.6. The Morgan fingerprint density at radius 1 is 1.10 bits per heavy atom. The maximum absolute atomic E-state index is 14.1. The minimum atomic E-state index is -0.224. The van der Waals surface area contributed by atoms with Crippen LogP contribution in [0.3, 0.4) is 0 Å². The van der Waals surface area contributed by atoms with Crippen LogP contribution in [0.4, 0.5) is 14.9 Å². The van der Waals surface area contributed by atoms with E-state index in [1.165, 1.54) is 22.8 Å². The van der Waals surface area contributed by atoms with Gasteiger partial charge in [0.1, 0.15) is 5.82 Å². The van der Waals surface area contributed by atoms with Crippen molar-refractivity contribution in [2.75, 3.05) is 31.1 Å². The molecule has 1 saturated heterocycles. The molecule has 4 nitrogen and oxygen atoms in total. The van der Waals surface area contributed by atoms with Crippen molar-refractivity contribution in [1.82, 2.24) is 10.2 Å². The summed E-state index contributed by atoms with van der Waals surface area (Å²) in [5.41, 5.74) is 5.65. The topological polar surface area (TPSA) is 35.6 Å². The zero-order valence-corrected chi connectivity index (χ0v) is 17.6. The molecule has 0 aromatic heterocycles. The van der Waals surface area contributed by atoms with Crippen molar-refractivity contribution in [2.24, 2.45) is 0 Å². The molecular formula is C24H30FN3O. The Bertz CT molecular complexity index is 898. The molecular weight excluding hydrogens is 365 g/mol. The van der Waals surface area contributed by atoms with Gasteiger partial charge >= 0.3 is 6.03 Å². The monoisotopic (exact) mass is 395 g/mol. The lowest BCUT2D eigenvalue weighted by atomic mass is 9.74. The van der Waals surface area contributed by atoms with E-state index in [0.717, 1.165) is 43.7 Å². The standard InChI is InChI=1S/C24H30FN3O/c1-4-26-23(29)28-16-24(21-14-20(25)5-6-22(21)28)7-9-27(10-8-24)15-19-12-17(2)11-18(3)13-19/h5-6,11-14H,4,7-10,15-16H2,1-3H3,(H,26,29). The summed E-state index contributed by atoms with van der Waals surface area (Å²) in [6.07, 6.45) is 1.87. The molecule has 2 aromatic carbocycles. The lowest BCUT2D eigenvalue weighted by molar-refractivity contribution is 0.159. The maximum Gasteiger partial charge on any atom is 0.321 e. The predicted molar refractivity (Wildman–Crippen MR) is 115 cm³/mol. The molecule has 29 heavy (non-hydrogen) atoms. The average Bonchev–Trinajstić information content (AvgIpc) is 2.97. The molecule has 0 aliphatic carbocycles. The van der Waals surface area contributed by atoms with Crippen molar-refractivity contribution in [3.8, 4) is 0 Å². The SMILES string of the molecule is CCNC(=O)N1CC2(CCN(Cc3cc(C)cc(C)c3)CC2)c2cc(F)ccc21. The van der Waals surface area contributed by atoms with Crippen molar-refractivity contribution >= 4 is 11.7 Å². The Kier molecular flexibility index (Phi) is 5.34. The number of rotatable bonds is 3. The van der Waals surface area contributed by atoms with Gasteiger partial charge in [0.05, 0.1) is 0 Å². The number of amides is 2. The van der Waals surface area contributed by atoms with Crippen molar-refractivity contribution in [1.29, 1.82) is 0 Å². The van der Waals surface area contributed by atoms with Gasteiger partial charge in [-0.1, -0.05) is 29.3 Å². The van der Waals surface area contributed by atoms with E-state index in [4.69, 9.17) is 0 Å². The number of aryl methyl sites for hydroxylation is 2. The van der Waals surface area contributed by atoms with Gasteiger partial charge in [-0.15, -0.1) is 0 Å². The Labute approximate surface area is 172 Å². The van der Waals surface area contributed by atoms with E-state index in [1.807, 2.05) is 6.92 Å². The normalized spacial score (nSPS) is 18.1. The van der Waals surface area contributed by atoms with Crippen molar-refractivity contribution in [3.63, 3.8) is 0 Å². The Morgan fingerprint density at radius 2 is 1.79 bits per heavy atom. The fourth-order valence-corrected chi connectivity index (χ4v) is 5.05. The third kappa shape index (κ3) is 3.88. The highest BCUT2D eigenvalue weighted by molar-refractivity contribution is 5.95. The second-order valence-electron chi connectivity index (χ2n) is 8.64. The van der Waals surface area contributed by atoms with E-state index in [9.17, 15) is 9.18 Å². The molecule has 2 aliphatic rings. The summed E-state index contributed by atoms with van der Waals surface area (Å²) >= 11 is 0. The minimum absolute atomic E-state index is 0.0881. The number of carbonyl (C=O) groups is 1. The first-order valence-corrected chi connectivity index (χ1v) is 10.6. The minimum Gasteiger partial charge on any atom is -0.338 e. The van der Waals surface area contributed by atoms with Gasteiger partial charge in [0.2, 0.25) is 0 Å². The van der Waals surface area contributed by atoms with Crippen LogP contribution in [0, 0.1) is 19.7 Å². The number of nitrogens with zero attached hydrogens (tertiary/aromatic N) is 2. The van der Waals surface area contributed by atoms with Gasteiger partial charge in [-0.05, 0) is 76.0 Å². The summed E-state index contributed by atoms with van der Waals surface area (Å²) in [6, 6.07) is 11.5. The van der Waals surface area contributed by atoms with Crippen LogP contribution >= 0.6 is 0 Å². The number of hydrogen-bond acceptors (Lipinski definition) is 2. The van der Waals surface area contributed by atoms with Gasteiger partial charge in [-0.3, -0.25) is 9.80 Å². The van der Waals surface area contributed by atoms with Crippen molar-refractivity contribution < 1.29 is 9.18 Å². The number of nitrogens with one attached hydrogen (secondary N) is 1. The van der Waals surface area contributed by atoms with E-state index >= 15 is 0 Å². The summed E-state index contributed by atoms with van der Waals surface area (Å²) in [5, 5.41) is 2.90. The molecule has 2 amide bonds. The fourth-order valence-electron chi connectivity index (χ4n) is 5.05. The Hall–Kier alpha value is -2.40. The van der Waals surface area contributed by atoms with Gasteiger partial charge < -0.3 is 5.32 Å². The molecule has 5 heteroatoms. The Balaban J connectivity index is 1.52. The highest BCUT2D eigenvalue weighted by atomic mass is 19.1. The molecule has 2 aromatic rings. The fraction of sp³-hybridized carbons (Fsp3) is 0.458. The molecule has 2 heterocycles. The van der Waals surface area contributed by atoms with Crippen LogP contribution in [0.25, 0.3) is 0 Å². The third-order valence-electron chi connectivity index (χ3n) is 6.36. The van der Waals surface area contributed by atoms with Gasteiger partial charge in [-0.2, -0.15) is 0 Å². The lowest BCUT2D eigenvalue weighted by Crippen LogP contribution is -2.47. The predicted octanol–water partition coefficient (Wildman–Crippen LogP) is 4.53. The summed E-state index contributed by atoms with van der Waals surface area (Å²) in [4.78, 5) is 16.9. The zero-order valence-electron chi connectivity index (χ0n) is 17.6. The van der Waals surface area contributed by atoms with E-state index in [1.54, 1.807) is 17.0 Å². The number of piperidine rings is 1. The van der Waals surface area contributed by atoms with Crippen LogP contribution in [0.2, 0.25) is 0 Å². The molecule has 0 unspecified atom stereocenters. The number of benzene rings is 2. The maximum atomic E-state index is 14.1. The second-order valence-corrected chi connectivity index (χ2v) is 8.64. The molecule has 1 N–H and O–H groups in total. The Morgan fingerprint density at radius 3 is 2.45 bits per heavy atom. The largest absolute Gasteiger partial charge is 0.338 e. The van der Waals surface area contributed by atoms with Gasteiger partial charge in [0, 0.05) is 30.7 Å². The molecule has 0 bridgehead atoms. The van der Waals surface area contributed by atoms with Crippen LogP contribution in [-0.4, -0.2) is 37.1 Å². The third-order valence-corrected chi connectivity index (χ3v) is 6.36. The van der Waals surface area contributed by atoms with E-state index in [-0.39, 0.29) is 17.3 Å². The number of urea groups is 1. The number of anilines is 1. The number of hydrogen-bond donors (Lipinski definition) is 1. The van der Waals surface area contributed by atoms with Crippen LogP contribution in [-0.2, 0) is 12.0 Å². The summed E-state index contributed by atoms with van der Waals surface area (Å²) < 4.78 is 14.1. The molecule has 0 radical (unpaired) electrons.